The number of esters is 1. The fourth-order valence-electron chi connectivity index (χ4n) is 1.68. The molecule has 2 atom stereocenters. The Kier molecular flexibility index (Phi) is 4.04. The minimum atomic E-state index is -0.454. The molecule has 1 rings (SSSR count). The fraction of sp³-hybridized carbons (Fsp3) is 0.583. The number of likely N-dealkylation sites (tertiary alicyclic amines) is 1. The molecule has 0 spiro atoms. The smallest absolute Gasteiger partial charge is 0.333 e. The average molecular weight is 239 g/mol. The van der Waals surface area contributed by atoms with Crippen molar-refractivity contribution in [2.75, 3.05) is 13.7 Å². The van der Waals surface area contributed by atoms with Crippen molar-refractivity contribution in [1.29, 1.82) is 0 Å². The van der Waals surface area contributed by atoms with Crippen molar-refractivity contribution in [3.05, 3.63) is 11.6 Å². The first-order valence-corrected chi connectivity index (χ1v) is 5.50. The number of rotatable bonds is 3. The normalized spacial score (nSPS) is 25.4. The van der Waals surface area contributed by atoms with Gasteiger partial charge in [-0.2, -0.15) is 0 Å². The van der Waals surface area contributed by atoms with Crippen molar-refractivity contribution >= 4 is 17.8 Å². The molecule has 94 valence electrons. The zero-order valence-electron chi connectivity index (χ0n) is 10.5. The number of amides is 2. The summed E-state index contributed by atoms with van der Waals surface area (Å²) in [7, 11) is 1.29. The van der Waals surface area contributed by atoms with Crippen LogP contribution in [0.1, 0.15) is 20.8 Å². The molecular weight excluding hydrogens is 222 g/mol. The second-order valence-corrected chi connectivity index (χ2v) is 4.24. The molecular formula is C12H17NO4. The van der Waals surface area contributed by atoms with Gasteiger partial charge in [-0.1, -0.05) is 19.9 Å². The molecule has 1 saturated heterocycles. The Bertz CT molecular complexity index is 366. The van der Waals surface area contributed by atoms with Crippen LogP contribution in [-0.2, 0) is 19.1 Å². The second kappa shape index (κ2) is 5.12. The van der Waals surface area contributed by atoms with Crippen LogP contribution in [-0.4, -0.2) is 36.3 Å². The molecule has 2 unspecified atom stereocenters. The lowest BCUT2D eigenvalue weighted by Gasteiger charge is -2.11. The lowest BCUT2D eigenvalue weighted by Crippen LogP contribution is -2.31. The Labute approximate surface area is 100 Å². The lowest BCUT2D eigenvalue weighted by atomic mass is 10.00. The number of hydrogen-bond acceptors (Lipinski definition) is 4. The molecule has 1 aliphatic rings. The topological polar surface area (TPSA) is 63.7 Å². The van der Waals surface area contributed by atoms with Crippen molar-refractivity contribution in [3.63, 3.8) is 0 Å². The molecule has 0 bridgehead atoms. The lowest BCUT2D eigenvalue weighted by molar-refractivity contribution is -0.140. The summed E-state index contributed by atoms with van der Waals surface area (Å²) < 4.78 is 4.53. The van der Waals surface area contributed by atoms with Crippen molar-refractivity contribution < 1.29 is 19.1 Å². The summed E-state index contributed by atoms with van der Waals surface area (Å²) in [5, 5.41) is 0. The summed E-state index contributed by atoms with van der Waals surface area (Å²) in [4.78, 5) is 35.8. The maximum atomic E-state index is 11.7. The maximum absolute atomic E-state index is 11.7. The van der Waals surface area contributed by atoms with Crippen LogP contribution in [0.25, 0.3) is 0 Å². The third-order valence-corrected chi connectivity index (χ3v) is 3.15. The van der Waals surface area contributed by atoms with Crippen LogP contribution in [0.3, 0.4) is 0 Å². The Morgan fingerprint density at radius 1 is 1.29 bits per heavy atom. The zero-order valence-corrected chi connectivity index (χ0v) is 10.5. The molecule has 2 amide bonds. The number of imide groups is 1. The quantitative estimate of drug-likeness (QED) is 0.414. The van der Waals surface area contributed by atoms with E-state index in [1.54, 1.807) is 20.8 Å². The van der Waals surface area contributed by atoms with Gasteiger partial charge in [-0.15, -0.1) is 0 Å². The summed E-state index contributed by atoms with van der Waals surface area (Å²) >= 11 is 0. The number of carbonyl (C=O) groups excluding carboxylic acids is 3. The molecule has 17 heavy (non-hydrogen) atoms. The summed E-state index contributed by atoms with van der Waals surface area (Å²) in [5.41, 5.74) is 0.389. The highest BCUT2D eigenvalue weighted by molar-refractivity contribution is 6.04. The third-order valence-electron chi connectivity index (χ3n) is 3.15. The number of carbonyl (C=O) groups is 3. The highest BCUT2D eigenvalue weighted by atomic mass is 16.5. The van der Waals surface area contributed by atoms with Gasteiger partial charge in [-0.3, -0.25) is 14.5 Å². The van der Waals surface area contributed by atoms with Crippen molar-refractivity contribution in [2.24, 2.45) is 11.8 Å². The summed E-state index contributed by atoms with van der Waals surface area (Å²) in [6.45, 7) is 5.19. The molecule has 0 aromatic carbocycles. The van der Waals surface area contributed by atoms with Crippen LogP contribution in [0, 0.1) is 11.8 Å². The van der Waals surface area contributed by atoms with Crippen molar-refractivity contribution in [2.45, 2.75) is 20.8 Å². The van der Waals surface area contributed by atoms with E-state index in [4.69, 9.17) is 0 Å². The minimum absolute atomic E-state index is 0.132. The zero-order chi connectivity index (χ0) is 13.2. The first-order valence-electron chi connectivity index (χ1n) is 5.50. The summed E-state index contributed by atoms with van der Waals surface area (Å²) in [6.07, 6.45) is 1.53. The van der Waals surface area contributed by atoms with Gasteiger partial charge in [0.2, 0.25) is 11.8 Å². The van der Waals surface area contributed by atoms with Gasteiger partial charge in [0, 0.05) is 24.0 Å². The number of hydrogen-bond donors (Lipinski definition) is 0. The van der Waals surface area contributed by atoms with Gasteiger partial charge in [0.15, 0.2) is 0 Å². The highest BCUT2D eigenvalue weighted by Crippen LogP contribution is 2.25. The molecule has 5 nitrogen and oxygen atoms in total. The van der Waals surface area contributed by atoms with E-state index in [0.717, 1.165) is 0 Å². The Hall–Kier alpha value is -1.65. The number of methoxy groups -OCH3 is 1. The average Bonchev–Trinajstić information content (AvgIpc) is 2.50. The van der Waals surface area contributed by atoms with E-state index >= 15 is 0 Å². The van der Waals surface area contributed by atoms with E-state index in [2.05, 4.69) is 4.74 Å². The first kappa shape index (κ1) is 13.4. The predicted octanol–water partition coefficient (Wildman–Crippen LogP) is 0.747. The van der Waals surface area contributed by atoms with E-state index in [1.165, 1.54) is 18.1 Å². The summed E-state index contributed by atoms with van der Waals surface area (Å²) in [5.74, 6) is -1.39. The molecule has 5 heteroatoms. The molecule has 0 aliphatic carbocycles. The molecule has 1 fully saturated rings. The second-order valence-electron chi connectivity index (χ2n) is 4.24. The van der Waals surface area contributed by atoms with E-state index in [0.29, 0.717) is 5.57 Å². The molecule has 0 N–H and O–H groups in total. The molecule has 1 heterocycles. The van der Waals surface area contributed by atoms with Gasteiger partial charge in [0.1, 0.15) is 0 Å². The SMILES string of the molecule is COC(=O)C(C)=CCN1C(=O)C(C)C(C)C1=O. The van der Waals surface area contributed by atoms with Gasteiger partial charge in [0.25, 0.3) is 0 Å². The Morgan fingerprint density at radius 3 is 2.18 bits per heavy atom. The minimum Gasteiger partial charge on any atom is -0.466 e. The molecule has 0 radical (unpaired) electrons. The van der Waals surface area contributed by atoms with E-state index in [9.17, 15) is 14.4 Å². The standard InChI is InChI=1S/C12H17NO4/c1-7(12(16)17-4)5-6-13-10(14)8(2)9(3)11(13)15/h5,8-9H,6H2,1-4H3. The van der Waals surface area contributed by atoms with Crippen LogP contribution >= 0.6 is 0 Å². The number of ether oxygens (including phenoxy) is 1. The van der Waals surface area contributed by atoms with Crippen molar-refractivity contribution in [1.82, 2.24) is 4.90 Å². The van der Waals surface area contributed by atoms with Crippen LogP contribution < -0.4 is 0 Å². The van der Waals surface area contributed by atoms with Gasteiger partial charge >= 0.3 is 5.97 Å². The summed E-state index contributed by atoms with van der Waals surface area (Å²) in [6, 6.07) is 0. The van der Waals surface area contributed by atoms with Gasteiger partial charge < -0.3 is 4.74 Å². The first-order chi connectivity index (χ1) is 7.90. The van der Waals surface area contributed by atoms with E-state index < -0.39 is 5.97 Å². The van der Waals surface area contributed by atoms with E-state index in [1.807, 2.05) is 0 Å². The number of nitrogens with zero attached hydrogens (tertiary/aromatic N) is 1. The fourth-order valence-corrected chi connectivity index (χ4v) is 1.68. The van der Waals surface area contributed by atoms with Crippen LogP contribution in [0.5, 0.6) is 0 Å². The predicted molar refractivity (Wildman–Crippen MR) is 60.8 cm³/mol. The van der Waals surface area contributed by atoms with Gasteiger partial charge in [-0.25, -0.2) is 4.79 Å². The van der Waals surface area contributed by atoms with Gasteiger partial charge in [0.05, 0.1) is 7.11 Å². The van der Waals surface area contributed by atoms with E-state index in [-0.39, 0.29) is 30.2 Å². The van der Waals surface area contributed by atoms with Crippen LogP contribution in [0.4, 0.5) is 0 Å². The Morgan fingerprint density at radius 2 is 1.76 bits per heavy atom. The monoisotopic (exact) mass is 239 g/mol. The van der Waals surface area contributed by atoms with Gasteiger partial charge in [-0.05, 0) is 6.92 Å². The van der Waals surface area contributed by atoms with Crippen LogP contribution in [0.2, 0.25) is 0 Å². The highest BCUT2D eigenvalue weighted by Gasteiger charge is 2.41. The molecule has 0 saturated carbocycles. The Balaban J connectivity index is 2.74. The molecule has 0 aromatic rings. The maximum Gasteiger partial charge on any atom is 0.333 e. The molecule has 0 aromatic heterocycles. The third kappa shape index (κ3) is 2.54. The van der Waals surface area contributed by atoms with Crippen LogP contribution in [0.15, 0.2) is 11.6 Å². The van der Waals surface area contributed by atoms with Crippen molar-refractivity contribution in [3.8, 4) is 0 Å². The molecule has 1 aliphatic heterocycles. The largest absolute Gasteiger partial charge is 0.466 e.